The maximum Gasteiger partial charge on any atom is 0.159 e. The van der Waals surface area contributed by atoms with Gasteiger partial charge in [0.05, 0.1) is 0 Å². The highest BCUT2D eigenvalue weighted by Crippen LogP contribution is 2.26. The number of nitrogens with one attached hydrogen (secondary N) is 2. The molecular formula is C11H19BrN6. The summed E-state index contributed by atoms with van der Waals surface area (Å²) in [6.07, 6.45) is 3.96. The Balaban J connectivity index is 1.90. The molecule has 2 heterocycles. The Morgan fingerprint density at radius 3 is 2.72 bits per heavy atom. The van der Waals surface area contributed by atoms with Gasteiger partial charge in [0.15, 0.2) is 5.82 Å². The average molecular weight is 315 g/mol. The molecule has 6 nitrogen and oxygen atoms in total. The fourth-order valence-electron chi connectivity index (χ4n) is 2.10. The summed E-state index contributed by atoms with van der Waals surface area (Å²) in [4.78, 5) is 10.6. The normalized spacial score (nSPS) is 17.7. The maximum absolute atomic E-state index is 5.37. The van der Waals surface area contributed by atoms with E-state index in [1.165, 1.54) is 32.3 Å². The molecule has 100 valence electrons. The van der Waals surface area contributed by atoms with Crippen LogP contribution in [-0.2, 0) is 0 Å². The SMILES string of the molecule is CN1CCC(CNc2ncnc(NN)c2Br)CC1. The molecule has 0 saturated carbocycles. The number of hydrazine groups is 1. The Labute approximate surface area is 115 Å². The molecule has 4 N–H and O–H groups in total. The molecular weight excluding hydrogens is 296 g/mol. The first-order chi connectivity index (χ1) is 8.70. The molecule has 0 radical (unpaired) electrons. The molecule has 18 heavy (non-hydrogen) atoms. The van der Waals surface area contributed by atoms with E-state index in [4.69, 9.17) is 5.84 Å². The molecule has 0 aliphatic carbocycles. The van der Waals surface area contributed by atoms with Crippen LogP contribution < -0.4 is 16.6 Å². The molecule has 0 spiro atoms. The van der Waals surface area contributed by atoms with Gasteiger partial charge in [-0.15, -0.1) is 0 Å². The van der Waals surface area contributed by atoms with Crippen LogP contribution in [0.1, 0.15) is 12.8 Å². The first-order valence-corrected chi connectivity index (χ1v) is 6.89. The zero-order valence-corrected chi connectivity index (χ0v) is 12.1. The Kier molecular flexibility index (Phi) is 4.73. The number of hydrogen-bond acceptors (Lipinski definition) is 6. The topological polar surface area (TPSA) is 79.1 Å². The average Bonchev–Trinajstić information content (AvgIpc) is 2.39. The van der Waals surface area contributed by atoms with Crippen LogP contribution in [0.2, 0.25) is 0 Å². The molecule has 1 aromatic heterocycles. The molecule has 1 fully saturated rings. The van der Waals surface area contributed by atoms with E-state index in [2.05, 4.69) is 48.6 Å². The summed E-state index contributed by atoms with van der Waals surface area (Å²) >= 11 is 3.44. The van der Waals surface area contributed by atoms with Crippen LogP contribution in [-0.4, -0.2) is 41.5 Å². The van der Waals surface area contributed by atoms with Crippen molar-refractivity contribution in [3.05, 3.63) is 10.8 Å². The van der Waals surface area contributed by atoms with Crippen molar-refractivity contribution in [2.24, 2.45) is 11.8 Å². The lowest BCUT2D eigenvalue weighted by atomic mass is 9.97. The van der Waals surface area contributed by atoms with Crippen molar-refractivity contribution in [3.63, 3.8) is 0 Å². The monoisotopic (exact) mass is 314 g/mol. The second kappa shape index (κ2) is 6.31. The van der Waals surface area contributed by atoms with Gasteiger partial charge in [-0.2, -0.15) is 0 Å². The largest absolute Gasteiger partial charge is 0.369 e. The molecule has 1 saturated heterocycles. The highest BCUT2D eigenvalue weighted by molar-refractivity contribution is 9.10. The van der Waals surface area contributed by atoms with Gasteiger partial charge in [0, 0.05) is 6.54 Å². The molecule has 0 unspecified atom stereocenters. The fourth-order valence-corrected chi connectivity index (χ4v) is 2.56. The van der Waals surface area contributed by atoms with Crippen molar-refractivity contribution in [3.8, 4) is 0 Å². The molecule has 7 heteroatoms. The standard InChI is InChI=1S/C11H19BrN6/c1-18-4-2-8(3-5-18)6-14-10-9(12)11(17-13)16-7-15-10/h7-8H,2-6,13H2,1H3,(H2,14,15,16,17). The number of halogens is 1. The van der Waals surface area contributed by atoms with Gasteiger partial charge in [0.2, 0.25) is 0 Å². The zero-order valence-electron chi connectivity index (χ0n) is 10.5. The lowest BCUT2D eigenvalue weighted by Crippen LogP contribution is -2.33. The fraction of sp³-hybridized carbons (Fsp3) is 0.636. The molecule has 1 aromatic rings. The summed E-state index contributed by atoms with van der Waals surface area (Å²) < 4.78 is 0.778. The van der Waals surface area contributed by atoms with Crippen LogP contribution in [0.4, 0.5) is 11.6 Å². The van der Waals surface area contributed by atoms with Gasteiger partial charge in [-0.3, -0.25) is 0 Å². The van der Waals surface area contributed by atoms with E-state index >= 15 is 0 Å². The van der Waals surface area contributed by atoms with E-state index in [0.717, 1.165) is 16.8 Å². The van der Waals surface area contributed by atoms with Crippen LogP contribution in [0.3, 0.4) is 0 Å². The van der Waals surface area contributed by atoms with E-state index in [1.54, 1.807) is 0 Å². The minimum absolute atomic E-state index is 0.593. The molecule has 0 atom stereocenters. The van der Waals surface area contributed by atoms with Crippen molar-refractivity contribution in [2.75, 3.05) is 37.4 Å². The van der Waals surface area contributed by atoms with Crippen LogP contribution in [0, 0.1) is 5.92 Å². The summed E-state index contributed by atoms with van der Waals surface area (Å²) in [7, 11) is 2.17. The Morgan fingerprint density at radius 2 is 2.06 bits per heavy atom. The Hall–Kier alpha value is -0.920. The first-order valence-electron chi connectivity index (χ1n) is 6.10. The number of rotatable bonds is 4. The third-order valence-corrected chi connectivity index (χ3v) is 4.07. The van der Waals surface area contributed by atoms with E-state index in [-0.39, 0.29) is 0 Å². The highest BCUT2D eigenvalue weighted by Gasteiger charge is 2.17. The molecule has 0 aromatic carbocycles. The van der Waals surface area contributed by atoms with Gasteiger partial charge in [-0.05, 0) is 54.8 Å². The van der Waals surface area contributed by atoms with Gasteiger partial charge in [0.25, 0.3) is 0 Å². The van der Waals surface area contributed by atoms with Gasteiger partial charge in [-0.1, -0.05) is 0 Å². The van der Waals surface area contributed by atoms with Crippen LogP contribution in [0.25, 0.3) is 0 Å². The smallest absolute Gasteiger partial charge is 0.159 e. The number of nitrogens with zero attached hydrogens (tertiary/aromatic N) is 3. The Morgan fingerprint density at radius 1 is 1.39 bits per heavy atom. The van der Waals surface area contributed by atoms with E-state index < -0.39 is 0 Å². The van der Waals surface area contributed by atoms with Crippen LogP contribution in [0.15, 0.2) is 10.8 Å². The molecule has 0 amide bonds. The third-order valence-electron chi connectivity index (χ3n) is 3.32. The van der Waals surface area contributed by atoms with E-state index in [0.29, 0.717) is 11.7 Å². The molecule has 0 bridgehead atoms. The predicted molar refractivity (Wildman–Crippen MR) is 76.3 cm³/mol. The van der Waals surface area contributed by atoms with Crippen LogP contribution >= 0.6 is 15.9 Å². The zero-order chi connectivity index (χ0) is 13.0. The van der Waals surface area contributed by atoms with Crippen molar-refractivity contribution >= 4 is 27.6 Å². The quantitative estimate of drug-likeness (QED) is 0.574. The number of hydrogen-bond donors (Lipinski definition) is 3. The van der Waals surface area contributed by atoms with Crippen molar-refractivity contribution in [1.82, 2.24) is 14.9 Å². The second-order valence-corrected chi connectivity index (χ2v) is 5.45. The van der Waals surface area contributed by atoms with Gasteiger partial charge < -0.3 is 15.6 Å². The molecule has 2 rings (SSSR count). The summed E-state index contributed by atoms with van der Waals surface area (Å²) in [6.45, 7) is 3.28. The van der Waals surface area contributed by atoms with Crippen LogP contribution in [0.5, 0.6) is 0 Å². The van der Waals surface area contributed by atoms with Gasteiger partial charge in [0.1, 0.15) is 16.6 Å². The summed E-state index contributed by atoms with van der Waals surface area (Å²) in [5.74, 6) is 7.46. The minimum atomic E-state index is 0.593. The number of likely N-dealkylation sites (tertiary alicyclic amines) is 1. The van der Waals surface area contributed by atoms with Crippen molar-refractivity contribution in [1.29, 1.82) is 0 Å². The van der Waals surface area contributed by atoms with Crippen molar-refractivity contribution < 1.29 is 0 Å². The Bertz CT molecular complexity index is 391. The number of aromatic nitrogens is 2. The maximum atomic E-state index is 5.37. The third kappa shape index (κ3) is 3.30. The number of anilines is 2. The molecule has 1 aliphatic rings. The first kappa shape index (κ1) is 13.5. The molecule has 1 aliphatic heterocycles. The lowest BCUT2D eigenvalue weighted by Gasteiger charge is -2.29. The van der Waals surface area contributed by atoms with Gasteiger partial charge in [-0.25, -0.2) is 15.8 Å². The van der Waals surface area contributed by atoms with Gasteiger partial charge >= 0.3 is 0 Å². The van der Waals surface area contributed by atoms with E-state index in [1.807, 2.05) is 0 Å². The highest BCUT2D eigenvalue weighted by atomic mass is 79.9. The number of piperidine rings is 1. The lowest BCUT2D eigenvalue weighted by molar-refractivity contribution is 0.226. The van der Waals surface area contributed by atoms with E-state index in [9.17, 15) is 0 Å². The van der Waals surface area contributed by atoms with Crippen molar-refractivity contribution in [2.45, 2.75) is 12.8 Å². The summed E-state index contributed by atoms with van der Waals surface area (Å²) in [6, 6.07) is 0. The number of nitrogens with two attached hydrogens (primary N) is 1. The minimum Gasteiger partial charge on any atom is -0.369 e. The second-order valence-electron chi connectivity index (χ2n) is 4.66. The summed E-state index contributed by atoms with van der Waals surface area (Å²) in [5.41, 5.74) is 2.53. The predicted octanol–water partition coefficient (Wildman–Crippen LogP) is 1.28. The number of nitrogen functional groups attached to an aromatic ring is 1. The summed E-state index contributed by atoms with van der Waals surface area (Å²) in [5, 5.41) is 3.36.